The average Bonchev–Trinajstić information content (AvgIpc) is 2.89. The molecule has 0 saturated heterocycles. The van der Waals surface area contributed by atoms with Gasteiger partial charge in [-0.05, 0) is 39.2 Å². The van der Waals surface area contributed by atoms with Crippen LogP contribution < -0.4 is 5.32 Å². The van der Waals surface area contributed by atoms with Gasteiger partial charge >= 0.3 is 0 Å². The zero-order valence-electron chi connectivity index (χ0n) is 11.6. The van der Waals surface area contributed by atoms with Crippen LogP contribution in [-0.4, -0.2) is 26.8 Å². The lowest BCUT2D eigenvalue weighted by molar-refractivity contribution is 0.393. The van der Waals surface area contributed by atoms with Crippen LogP contribution in [-0.2, 0) is 6.54 Å². The Morgan fingerprint density at radius 3 is 2.79 bits per heavy atom. The largest absolute Gasteiger partial charge is 0.300 e. The van der Waals surface area contributed by atoms with Gasteiger partial charge in [0.25, 0.3) is 5.82 Å². The first-order chi connectivity index (χ1) is 9.13. The molecular weight excluding hydrogens is 240 g/mol. The Kier molecular flexibility index (Phi) is 5.98. The molecule has 6 nitrogen and oxygen atoms in total. The Hall–Kier alpha value is -1.92. The second-order valence-electron chi connectivity index (χ2n) is 4.77. The molecule has 1 atom stereocenters. The molecule has 0 aliphatic rings. The Labute approximate surface area is 114 Å². The van der Waals surface area contributed by atoms with E-state index in [0.29, 0.717) is 0 Å². The van der Waals surface area contributed by atoms with Crippen LogP contribution in [0.2, 0.25) is 0 Å². The van der Waals surface area contributed by atoms with Crippen molar-refractivity contribution < 1.29 is 0 Å². The van der Waals surface area contributed by atoms with E-state index in [1.165, 1.54) is 0 Å². The van der Waals surface area contributed by atoms with Gasteiger partial charge in [-0.3, -0.25) is 10.00 Å². The minimum absolute atomic E-state index is 0.200. The molecule has 0 aliphatic carbocycles. The molecule has 1 N–H and O–H groups in total. The van der Waals surface area contributed by atoms with Gasteiger partial charge < -0.3 is 0 Å². The third-order valence-electron chi connectivity index (χ3n) is 2.96. The number of rotatable bonds is 8. The van der Waals surface area contributed by atoms with Crippen molar-refractivity contribution in [2.45, 2.75) is 51.6 Å². The third kappa shape index (κ3) is 5.07. The van der Waals surface area contributed by atoms with E-state index in [0.717, 1.165) is 38.8 Å². The standard InChI is InChI=1S/C13H20N6/c1-3-7-17-13(2,10-15)6-4-5-8-19-11-16-12(9-14)18-19/h11,17H,3-8H2,1-2H3. The number of hydrogen-bond acceptors (Lipinski definition) is 5. The average molecular weight is 260 g/mol. The molecule has 102 valence electrons. The Balaban J connectivity index is 2.29. The SMILES string of the molecule is CCCNC(C)(C#N)CCCCn1cnc(C#N)n1. The summed E-state index contributed by atoms with van der Waals surface area (Å²) in [6, 6.07) is 4.23. The number of hydrogen-bond donors (Lipinski definition) is 1. The minimum atomic E-state index is -0.448. The summed E-state index contributed by atoms with van der Waals surface area (Å²) >= 11 is 0. The molecule has 1 aromatic heterocycles. The van der Waals surface area contributed by atoms with Gasteiger partial charge in [0.1, 0.15) is 17.9 Å². The first kappa shape index (κ1) is 15.1. The predicted octanol–water partition coefficient (Wildman–Crippen LogP) is 1.60. The van der Waals surface area contributed by atoms with Crippen molar-refractivity contribution in [3.63, 3.8) is 0 Å². The number of aromatic nitrogens is 3. The summed E-state index contributed by atoms with van der Waals surface area (Å²) in [7, 11) is 0. The van der Waals surface area contributed by atoms with Gasteiger partial charge in [0, 0.05) is 6.54 Å². The van der Waals surface area contributed by atoms with E-state index in [1.807, 2.05) is 13.0 Å². The molecule has 6 heteroatoms. The lowest BCUT2D eigenvalue weighted by Gasteiger charge is -2.22. The van der Waals surface area contributed by atoms with Gasteiger partial charge in [0.15, 0.2) is 0 Å². The summed E-state index contributed by atoms with van der Waals surface area (Å²) in [6.07, 6.45) is 5.25. The summed E-state index contributed by atoms with van der Waals surface area (Å²) < 4.78 is 1.67. The number of nitrogens with zero attached hydrogens (tertiary/aromatic N) is 5. The highest BCUT2D eigenvalue weighted by Crippen LogP contribution is 2.13. The van der Waals surface area contributed by atoms with E-state index in [-0.39, 0.29) is 5.82 Å². The van der Waals surface area contributed by atoms with Gasteiger partial charge in [-0.25, -0.2) is 4.98 Å². The summed E-state index contributed by atoms with van der Waals surface area (Å²) in [6.45, 7) is 5.61. The third-order valence-corrected chi connectivity index (χ3v) is 2.96. The van der Waals surface area contributed by atoms with Crippen LogP contribution in [0.5, 0.6) is 0 Å². The second-order valence-corrected chi connectivity index (χ2v) is 4.77. The van der Waals surface area contributed by atoms with Crippen LogP contribution in [0.25, 0.3) is 0 Å². The minimum Gasteiger partial charge on any atom is -0.300 e. The first-order valence-corrected chi connectivity index (χ1v) is 6.59. The Morgan fingerprint density at radius 1 is 1.42 bits per heavy atom. The highest BCUT2D eigenvalue weighted by atomic mass is 15.3. The van der Waals surface area contributed by atoms with Gasteiger partial charge in [-0.15, -0.1) is 5.10 Å². The smallest absolute Gasteiger partial charge is 0.252 e. The van der Waals surface area contributed by atoms with E-state index >= 15 is 0 Å². The van der Waals surface area contributed by atoms with Gasteiger partial charge in [0.2, 0.25) is 0 Å². The molecule has 0 bridgehead atoms. The van der Waals surface area contributed by atoms with Crippen LogP contribution in [0.3, 0.4) is 0 Å². The summed E-state index contributed by atoms with van der Waals surface area (Å²) in [5.41, 5.74) is -0.448. The molecule has 0 aliphatic heterocycles. The number of nitriles is 2. The van der Waals surface area contributed by atoms with Crippen LogP contribution in [0, 0.1) is 22.7 Å². The fourth-order valence-corrected chi connectivity index (χ4v) is 1.79. The van der Waals surface area contributed by atoms with E-state index in [1.54, 1.807) is 11.0 Å². The topological polar surface area (TPSA) is 90.3 Å². The van der Waals surface area contributed by atoms with Crippen LogP contribution >= 0.6 is 0 Å². The monoisotopic (exact) mass is 260 g/mol. The molecule has 1 heterocycles. The quantitative estimate of drug-likeness (QED) is 0.717. The van der Waals surface area contributed by atoms with Crippen LogP contribution in [0.1, 0.15) is 45.4 Å². The van der Waals surface area contributed by atoms with E-state index < -0.39 is 5.54 Å². The molecule has 0 fully saturated rings. The summed E-state index contributed by atoms with van der Waals surface area (Å²) in [4.78, 5) is 3.84. The van der Waals surface area contributed by atoms with Gasteiger partial charge in [-0.2, -0.15) is 10.5 Å². The lowest BCUT2D eigenvalue weighted by atomic mass is 9.96. The van der Waals surface area contributed by atoms with Crippen molar-refractivity contribution in [1.29, 1.82) is 10.5 Å². The number of nitrogens with one attached hydrogen (secondary N) is 1. The van der Waals surface area contributed by atoms with Crippen molar-refractivity contribution in [2.24, 2.45) is 0 Å². The molecule has 1 rings (SSSR count). The van der Waals surface area contributed by atoms with Crippen molar-refractivity contribution in [1.82, 2.24) is 20.1 Å². The highest BCUT2D eigenvalue weighted by Gasteiger charge is 2.21. The lowest BCUT2D eigenvalue weighted by Crippen LogP contribution is -2.41. The molecule has 1 unspecified atom stereocenters. The van der Waals surface area contributed by atoms with Crippen molar-refractivity contribution in [2.75, 3.05) is 6.54 Å². The Bertz CT molecular complexity index is 466. The maximum Gasteiger partial charge on any atom is 0.252 e. The Morgan fingerprint density at radius 2 is 2.21 bits per heavy atom. The molecule has 0 saturated carbocycles. The summed E-state index contributed by atoms with van der Waals surface area (Å²) in [5, 5.41) is 25.1. The molecular formula is C13H20N6. The molecule has 0 radical (unpaired) electrons. The summed E-state index contributed by atoms with van der Waals surface area (Å²) in [5.74, 6) is 0.200. The normalized spacial score (nSPS) is 13.5. The molecule has 0 spiro atoms. The molecule has 0 aromatic carbocycles. The van der Waals surface area contributed by atoms with Gasteiger partial charge in [-0.1, -0.05) is 6.92 Å². The molecule has 19 heavy (non-hydrogen) atoms. The van der Waals surface area contributed by atoms with Crippen LogP contribution in [0.15, 0.2) is 6.33 Å². The maximum atomic E-state index is 9.19. The fraction of sp³-hybridized carbons (Fsp3) is 0.692. The highest BCUT2D eigenvalue weighted by molar-refractivity contribution is 5.05. The zero-order chi connectivity index (χ0) is 14.1. The van der Waals surface area contributed by atoms with Crippen molar-refractivity contribution in [3.05, 3.63) is 12.2 Å². The van der Waals surface area contributed by atoms with Crippen LogP contribution in [0.4, 0.5) is 0 Å². The van der Waals surface area contributed by atoms with E-state index in [4.69, 9.17) is 5.26 Å². The van der Waals surface area contributed by atoms with E-state index in [2.05, 4.69) is 28.4 Å². The first-order valence-electron chi connectivity index (χ1n) is 6.59. The zero-order valence-corrected chi connectivity index (χ0v) is 11.6. The molecule has 1 aromatic rings. The fourth-order valence-electron chi connectivity index (χ4n) is 1.79. The maximum absolute atomic E-state index is 9.19. The van der Waals surface area contributed by atoms with Crippen molar-refractivity contribution in [3.8, 4) is 12.1 Å². The van der Waals surface area contributed by atoms with E-state index in [9.17, 15) is 5.26 Å². The predicted molar refractivity (Wildman–Crippen MR) is 70.9 cm³/mol. The molecule has 0 amide bonds. The van der Waals surface area contributed by atoms with Crippen molar-refractivity contribution >= 4 is 0 Å². The second kappa shape index (κ2) is 7.50. The number of unbranched alkanes of at least 4 members (excludes halogenated alkanes) is 1. The number of aryl methyl sites for hydroxylation is 1. The van der Waals surface area contributed by atoms with Gasteiger partial charge in [0.05, 0.1) is 6.07 Å².